The number of thiophene rings is 1. The van der Waals surface area contributed by atoms with Gasteiger partial charge in [0.15, 0.2) is 0 Å². The molecule has 5 nitrogen and oxygen atoms in total. The molecule has 0 aromatic carbocycles. The smallest absolute Gasteiger partial charge is 0.303 e. The lowest BCUT2D eigenvalue weighted by Crippen LogP contribution is -2.34. The Bertz CT molecular complexity index is 444. The highest BCUT2D eigenvalue weighted by atomic mass is 32.1. The Kier molecular flexibility index (Phi) is 7.39. The monoisotopic (exact) mass is 312 g/mol. The summed E-state index contributed by atoms with van der Waals surface area (Å²) in [5.74, 6) is -0.782. The van der Waals surface area contributed by atoms with E-state index in [9.17, 15) is 9.59 Å². The zero-order chi connectivity index (χ0) is 15.7. The average molecular weight is 312 g/mol. The molecule has 0 spiro atoms. The molecule has 0 saturated heterocycles. The molecule has 1 heterocycles. The maximum Gasteiger partial charge on any atom is 0.303 e. The maximum absolute atomic E-state index is 11.6. The summed E-state index contributed by atoms with van der Waals surface area (Å²) < 4.78 is 0. The highest BCUT2D eigenvalue weighted by Crippen LogP contribution is 2.25. The first-order valence-electron chi connectivity index (χ1n) is 7.11. The van der Waals surface area contributed by atoms with E-state index in [1.54, 1.807) is 11.3 Å². The van der Waals surface area contributed by atoms with Crippen LogP contribution in [0.3, 0.4) is 0 Å². The van der Waals surface area contributed by atoms with E-state index in [0.717, 1.165) is 11.3 Å². The van der Waals surface area contributed by atoms with Crippen molar-refractivity contribution >= 4 is 23.2 Å². The molecule has 0 saturated carbocycles. The van der Waals surface area contributed by atoms with Gasteiger partial charge in [-0.05, 0) is 36.2 Å². The summed E-state index contributed by atoms with van der Waals surface area (Å²) in [6.07, 6.45) is 1.68. The predicted octanol–water partition coefficient (Wildman–Crippen LogP) is 2.23. The summed E-state index contributed by atoms with van der Waals surface area (Å²) in [7, 11) is 0. The van der Waals surface area contributed by atoms with Gasteiger partial charge in [0, 0.05) is 11.3 Å². The van der Waals surface area contributed by atoms with Crippen LogP contribution in [-0.2, 0) is 16.1 Å². The molecule has 1 amide bonds. The Balaban J connectivity index is 2.09. The second-order valence-electron chi connectivity index (χ2n) is 5.84. The third-order valence-electron chi connectivity index (χ3n) is 3.32. The summed E-state index contributed by atoms with van der Waals surface area (Å²) in [6.45, 7) is 5.67. The van der Waals surface area contributed by atoms with Crippen LogP contribution < -0.4 is 10.6 Å². The predicted molar refractivity (Wildman–Crippen MR) is 84.3 cm³/mol. The molecule has 0 radical (unpaired) electrons. The van der Waals surface area contributed by atoms with Gasteiger partial charge in [-0.1, -0.05) is 19.9 Å². The first kappa shape index (κ1) is 17.7. The second-order valence-corrected chi connectivity index (χ2v) is 6.87. The van der Waals surface area contributed by atoms with Crippen molar-refractivity contribution in [1.82, 2.24) is 10.6 Å². The number of nitrogens with one attached hydrogen (secondary N) is 2. The van der Waals surface area contributed by atoms with Gasteiger partial charge in [-0.2, -0.15) is 0 Å². The largest absolute Gasteiger partial charge is 0.481 e. The molecule has 1 aromatic rings. The lowest BCUT2D eigenvalue weighted by molar-refractivity contribution is -0.137. The molecule has 0 aliphatic heterocycles. The lowest BCUT2D eigenvalue weighted by atomic mass is 9.84. The number of carbonyl (C=O) groups is 2. The quantitative estimate of drug-likeness (QED) is 0.579. The van der Waals surface area contributed by atoms with Crippen LogP contribution in [0.5, 0.6) is 0 Å². The van der Waals surface area contributed by atoms with Gasteiger partial charge < -0.3 is 15.7 Å². The SMILES string of the molecule is CC(C)(CCNCC(=O)NCc1cccs1)CCC(=O)O. The summed E-state index contributed by atoms with van der Waals surface area (Å²) >= 11 is 1.62. The molecule has 0 aliphatic carbocycles. The van der Waals surface area contributed by atoms with Crippen LogP contribution in [0.1, 0.15) is 38.0 Å². The fraction of sp³-hybridized carbons (Fsp3) is 0.600. The fourth-order valence-corrected chi connectivity index (χ4v) is 2.50. The Morgan fingerprint density at radius 3 is 2.71 bits per heavy atom. The van der Waals surface area contributed by atoms with Crippen LogP contribution in [0.25, 0.3) is 0 Å². The molecular weight excluding hydrogens is 288 g/mol. The van der Waals surface area contributed by atoms with E-state index in [0.29, 0.717) is 26.1 Å². The maximum atomic E-state index is 11.6. The van der Waals surface area contributed by atoms with E-state index in [2.05, 4.69) is 24.5 Å². The molecule has 0 atom stereocenters. The molecule has 118 valence electrons. The van der Waals surface area contributed by atoms with Crippen molar-refractivity contribution in [3.8, 4) is 0 Å². The van der Waals surface area contributed by atoms with Crippen molar-refractivity contribution in [2.75, 3.05) is 13.1 Å². The van der Waals surface area contributed by atoms with E-state index in [4.69, 9.17) is 5.11 Å². The molecule has 0 unspecified atom stereocenters. The zero-order valence-corrected chi connectivity index (χ0v) is 13.5. The summed E-state index contributed by atoms with van der Waals surface area (Å²) in [5, 5.41) is 16.6. The van der Waals surface area contributed by atoms with E-state index in [1.807, 2.05) is 17.5 Å². The van der Waals surface area contributed by atoms with E-state index < -0.39 is 5.97 Å². The second kappa shape index (κ2) is 8.79. The summed E-state index contributed by atoms with van der Waals surface area (Å²) in [5.41, 5.74) is -0.0289. The van der Waals surface area contributed by atoms with Gasteiger partial charge >= 0.3 is 5.97 Å². The van der Waals surface area contributed by atoms with Crippen molar-refractivity contribution in [3.63, 3.8) is 0 Å². The fourth-order valence-electron chi connectivity index (χ4n) is 1.86. The number of hydrogen-bond donors (Lipinski definition) is 3. The third kappa shape index (κ3) is 8.47. The normalized spacial score (nSPS) is 11.3. The van der Waals surface area contributed by atoms with Crippen LogP contribution in [0, 0.1) is 5.41 Å². The van der Waals surface area contributed by atoms with Gasteiger partial charge in [0.1, 0.15) is 0 Å². The van der Waals surface area contributed by atoms with Crippen LogP contribution in [0.4, 0.5) is 0 Å². The molecule has 1 rings (SSSR count). The van der Waals surface area contributed by atoms with Crippen molar-refractivity contribution < 1.29 is 14.7 Å². The Labute approximate surface area is 129 Å². The molecule has 1 aromatic heterocycles. The van der Waals surface area contributed by atoms with Gasteiger partial charge in [-0.25, -0.2) is 0 Å². The minimum Gasteiger partial charge on any atom is -0.481 e. The molecule has 0 bridgehead atoms. The minimum atomic E-state index is -0.760. The number of carboxylic acids is 1. The summed E-state index contributed by atoms with van der Waals surface area (Å²) in [6, 6.07) is 3.95. The third-order valence-corrected chi connectivity index (χ3v) is 4.20. The van der Waals surface area contributed by atoms with Crippen LogP contribution in [0.2, 0.25) is 0 Å². The number of carboxylic acid groups (broad SMARTS) is 1. The molecule has 0 aliphatic rings. The van der Waals surface area contributed by atoms with Gasteiger partial charge in [0.25, 0.3) is 0 Å². The van der Waals surface area contributed by atoms with E-state index in [-0.39, 0.29) is 17.7 Å². The highest BCUT2D eigenvalue weighted by Gasteiger charge is 2.18. The van der Waals surface area contributed by atoms with Crippen molar-refractivity contribution in [2.45, 2.75) is 39.7 Å². The van der Waals surface area contributed by atoms with Gasteiger partial charge in [0.2, 0.25) is 5.91 Å². The number of amides is 1. The Morgan fingerprint density at radius 2 is 2.10 bits per heavy atom. The highest BCUT2D eigenvalue weighted by molar-refractivity contribution is 7.09. The van der Waals surface area contributed by atoms with Crippen molar-refractivity contribution in [3.05, 3.63) is 22.4 Å². The Hall–Kier alpha value is -1.40. The topological polar surface area (TPSA) is 78.4 Å². The first-order valence-corrected chi connectivity index (χ1v) is 7.99. The van der Waals surface area contributed by atoms with Crippen molar-refractivity contribution in [2.24, 2.45) is 5.41 Å². The number of aliphatic carboxylic acids is 1. The number of rotatable bonds is 10. The molecule has 3 N–H and O–H groups in total. The molecule has 0 fully saturated rings. The zero-order valence-electron chi connectivity index (χ0n) is 12.6. The average Bonchev–Trinajstić information content (AvgIpc) is 2.92. The van der Waals surface area contributed by atoms with Crippen molar-refractivity contribution in [1.29, 1.82) is 0 Å². The van der Waals surface area contributed by atoms with Crippen LogP contribution in [0.15, 0.2) is 17.5 Å². The summed E-state index contributed by atoms with van der Waals surface area (Å²) in [4.78, 5) is 23.3. The molecular formula is C15H24N2O3S. The van der Waals surface area contributed by atoms with Gasteiger partial charge in [0.05, 0.1) is 13.1 Å². The molecule has 6 heteroatoms. The molecule has 21 heavy (non-hydrogen) atoms. The van der Waals surface area contributed by atoms with Gasteiger partial charge in [-0.3, -0.25) is 9.59 Å². The van der Waals surface area contributed by atoms with E-state index >= 15 is 0 Å². The number of hydrogen-bond acceptors (Lipinski definition) is 4. The van der Waals surface area contributed by atoms with E-state index in [1.165, 1.54) is 0 Å². The standard InChI is InChI=1S/C15H24N2O3S/c1-15(2,6-5-14(19)20)7-8-16-11-13(18)17-10-12-4-3-9-21-12/h3-4,9,16H,5-8,10-11H2,1-2H3,(H,17,18)(H,19,20). The first-order chi connectivity index (χ1) is 9.89. The van der Waals surface area contributed by atoms with Crippen LogP contribution >= 0.6 is 11.3 Å². The van der Waals surface area contributed by atoms with Crippen LogP contribution in [-0.4, -0.2) is 30.1 Å². The minimum absolute atomic E-state index is 0.0215. The Morgan fingerprint density at radius 1 is 1.33 bits per heavy atom. The lowest BCUT2D eigenvalue weighted by Gasteiger charge is -2.23. The number of carbonyl (C=O) groups excluding carboxylic acids is 1. The van der Waals surface area contributed by atoms with Gasteiger partial charge in [-0.15, -0.1) is 11.3 Å².